The number of benzene rings is 1. The summed E-state index contributed by atoms with van der Waals surface area (Å²) in [5, 5.41) is 0. The highest BCUT2D eigenvalue weighted by Crippen LogP contribution is 2.41. The Morgan fingerprint density at radius 3 is 1.96 bits per heavy atom. The molecule has 2 aliphatic rings. The van der Waals surface area contributed by atoms with Gasteiger partial charge in [0.2, 0.25) is 11.6 Å². The summed E-state index contributed by atoms with van der Waals surface area (Å²) in [6.45, 7) is 2.84. The maximum Gasteiger partial charge on any atom is 0.204 e. The van der Waals surface area contributed by atoms with Crippen LogP contribution in [0.2, 0.25) is 0 Å². The molecule has 0 heterocycles. The minimum Gasteiger partial charge on any atom is -0.494 e. The van der Waals surface area contributed by atoms with E-state index in [9.17, 15) is 8.78 Å². The molecule has 0 radical (unpaired) electrons. The van der Waals surface area contributed by atoms with Gasteiger partial charge in [0.15, 0.2) is 11.5 Å². The fourth-order valence-corrected chi connectivity index (χ4v) is 4.57. The molecule has 0 aromatic heterocycles. The van der Waals surface area contributed by atoms with Crippen LogP contribution in [-0.2, 0) is 0 Å². The van der Waals surface area contributed by atoms with E-state index >= 15 is 0 Å². The van der Waals surface area contributed by atoms with Gasteiger partial charge in [0.05, 0.1) is 13.7 Å². The van der Waals surface area contributed by atoms with Gasteiger partial charge in [-0.3, -0.25) is 0 Å². The normalized spacial score (nSPS) is 30.1. The fraction of sp³-hybridized carbons (Fsp3) is 0.714. The van der Waals surface area contributed by atoms with E-state index in [0.717, 1.165) is 30.6 Å². The molecule has 2 saturated carbocycles. The molecular formula is C21H30F2O2. The molecule has 1 aromatic carbocycles. The molecule has 1 aromatic rings. The van der Waals surface area contributed by atoms with Crippen LogP contribution in [0.5, 0.6) is 11.5 Å². The third-order valence-electron chi connectivity index (χ3n) is 6.32. The average Bonchev–Trinajstić information content (AvgIpc) is 2.64. The van der Waals surface area contributed by atoms with Crippen LogP contribution in [0, 0.1) is 35.3 Å². The second-order valence-corrected chi connectivity index (χ2v) is 8.01. The molecule has 0 N–H and O–H groups in total. The van der Waals surface area contributed by atoms with E-state index < -0.39 is 11.6 Å². The van der Waals surface area contributed by atoms with Crippen molar-refractivity contribution < 1.29 is 18.3 Å². The molecule has 4 heteroatoms. The lowest BCUT2D eigenvalue weighted by atomic mass is 9.69. The number of hydrogen-bond donors (Lipinski definition) is 0. The van der Waals surface area contributed by atoms with Gasteiger partial charge in [-0.2, -0.15) is 8.78 Å². The molecule has 2 nitrogen and oxygen atoms in total. The Hall–Kier alpha value is -1.32. The number of methoxy groups -OCH3 is 1. The van der Waals surface area contributed by atoms with Gasteiger partial charge in [0, 0.05) is 0 Å². The first-order chi connectivity index (χ1) is 12.1. The Balaban J connectivity index is 1.46. The summed E-state index contributed by atoms with van der Waals surface area (Å²) in [6.07, 6.45) is 10.3. The molecule has 0 amide bonds. The number of halogens is 2. The first-order valence-corrected chi connectivity index (χ1v) is 9.73. The van der Waals surface area contributed by atoms with Crippen LogP contribution in [0.25, 0.3) is 0 Å². The number of rotatable bonds is 5. The fourth-order valence-electron chi connectivity index (χ4n) is 4.57. The van der Waals surface area contributed by atoms with Crippen LogP contribution in [0.3, 0.4) is 0 Å². The lowest BCUT2D eigenvalue weighted by Gasteiger charge is -2.37. The van der Waals surface area contributed by atoms with Crippen molar-refractivity contribution in [3.63, 3.8) is 0 Å². The molecule has 0 saturated heterocycles. The molecule has 0 atom stereocenters. The summed E-state index contributed by atoms with van der Waals surface area (Å²) in [7, 11) is 1.32. The Morgan fingerprint density at radius 2 is 1.36 bits per heavy atom. The van der Waals surface area contributed by atoms with Gasteiger partial charge < -0.3 is 9.47 Å². The second kappa shape index (κ2) is 8.37. The summed E-state index contributed by atoms with van der Waals surface area (Å²) in [5.74, 6) is 1.09. The van der Waals surface area contributed by atoms with Gasteiger partial charge in [0.1, 0.15) is 0 Å². The van der Waals surface area contributed by atoms with Crippen LogP contribution in [-0.4, -0.2) is 13.7 Å². The van der Waals surface area contributed by atoms with Crippen molar-refractivity contribution in [1.82, 2.24) is 0 Å². The first kappa shape index (κ1) is 18.5. The number of hydrogen-bond acceptors (Lipinski definition) is 2. The quantitative estimate of drug-likeness (QED) is 0.648. The second-order valence-electron chi connectivity index (χ2n) is 8.01. The molecule has 0 spiro atoms. The molecule has 2 aliphatic carbocycles. The number of ether oxygens (including phenoxy) is 2. The zero-order valence-electron chi connectivity index (χ0n) is 15.4. The Bertz CT molecular complexity index is 559. The average molecular weight is 352 g/mol. The van der Waals surface area contributed by atoms with Crippen LogP contribution in [0.1, 0.15) is 58.3 Å². The largest absolute Gasteiger partial charge is 0.494 e. The van der Waals surface area contributed by atoms with Gasteiger partial charge in [-0.15, -0.1) is 0 Å². The summed E-state index contributed by atoms with van der Waals surface area (Å²) in [5.41, 5.74) is 0. The minimum atomic E-state index is -0.977. The highest BCUT2D eigenvalue weighted by molar-refractivity contribution is 5.34. The van der Waals surface area contributed by atoms with Crippen LogP contribution < -0.4 is 9.47 Å². The molecular weight excluding hydrogens is 322 g/mol. The molecule has 2 fully saturated rings. The lowest BCUT2D eigenvalue weighted by molar-refractivity contribution is 0.124. The van der Waals surface area contributed by atoms with E-state index in [1.165, 1.54) is 57.8 Å². The van der Waals surface area contributed by atoms with Crippen molar-refractivity contribution >= 4 is 0 Å². The van der Waals surface area contributed by atoms with Crippen LogP contribution in [0.15, 0.2) is 12.1 Å². The maximum atomic E-state index is 14.0. The predicted octanol–water partition coefficient (Wildman–Crippen LogP) is 5.98. The van der Waals surface area contributed by atoms with E-state index in [1.807, 2.05) is 0 Å². The molecule has 3 rings (SSSR count). The van der Waals surface area contributed by atoms with Crippen LogP contribution >= 0.6 is 0 Å². The third-order valence-corrected chi connectivity index (χ3v) is 6.32. The van der Waals surface area contributed by atoms with Gasteiger partial charge in [-0.05, 0) is 74.3 Å². The highest BCUT2D eigenvalue weighted by Gasteiger charge is 2.30. The zero-order valence-corrected chi connectivity index (χ0v) is 15.4. The molecule has 0 unspecified atom stereocenters. The van der Waals surface area contributed by atoms with E-state index in [4.69, 9.17) is 9.47 Å². The van der Waals surface area contributed by atoms with Crippen molar-refractivity contribution in [1.29, 1.82) is 0 Å². The molecule has 0 bridgehead atoms. The monoisotopic (exact) mass is 352 g/mol. The summed E-state index contributed by atoms with van der Waals surface area (Å²) in [6, 6.07) is 2.86. The first-order valence-electron chi connectivity index (χ1n) is 9.73. The van der Waals surface area contributed by atoms with E-state index in [0.29, 0.717) is 12.5 Å². The topological polar surface area (TPSA) is 18.5 Å². The predicted molar refractivity (Wildman–Crippen MR) is 95.0 cm³/mol. The zero-order chi connectivity index (χ0) is 17.8. The Morgan fingerprint density at radius 1 is 0.840 bits per heavy atom. The standard InChI is InChI=1S/C21H30F2O2/c1-14-3-7-16(8-4-14)17-9-5-15(6-10-17)13-25-19-12-11-18(24-2)20(22)21(19)23/h11-12,14-17H,3-10,13H2,1-2H3. The van der Waals surface area contributed by atoms with Crippen molar-refractivity contribution in [2.75, 3.05) is 13.7 Å². The van der Waals surface area contributed by atoms with Gasteiger partial charge >= 0.3 is 0 Å². The minimum absolute atomic E-state index is 0.0123. The van der Waals surface area contributed by atoms with Crippen molar-refractivity contribution in [2.24, 2.45) is 23.7 Å². The van der Waals surface area contributed by atoms with Crippen LogP contribution in [0.4, 0.5) is 8.78 Å². The lowest BCUT2D eigenvalue weighted by Crippen LogP contribution is -2.27. The van der Waals surface area contributed by atoms with Gasteiger partial charge in [-0.1, -0.05) is 19.8 Å². The van der Waals surface area contributed by atoms with Crippen molar-refractivity contribution in [2.45, 2.75) is 58.3 Å². The third kappa shape index (κ3) is 4.45. The highest BCUT2D eigenvalue weighted by atomic mass is 19.2. The Kier molecular flexibility index (Phi) is 6.19. The smallest absolute Gasteiger partial charge is 0.204 e. The van der Waals surface area contributed by atoms with E-state index in [-0.39, 0.29) is 11.5 Å². The van der Waals surface area contributed by atoms with Crippen molar-refractivity contribution in [3.8, 4) is 11.5 Å². The van der Waals surface area contributed by atoms with E-state index in [1.54, 1.807) is 0 Å². The summed E-state index contributed by atoms with van der Waals surface area (Å²) >= 11 is 0. The summed E-state index contributed by atoms with van der Waals surface area (Å²) < 4.78 is 38.1. The Labute approximate surface area is 149 Å². The summed E-state index contributed by atoms with van der Waals surface area (Å²) in [4.78, 5) is 0. The van der Waals surface area contributed by atoms with Crippen molar-refractivity contribution in [3.05, 3.63) is 23.8 Å². The molecule has 140 valence electrons. The van der Waals surface area contributed by atoms with Gasteiger partial charge in [-0.25, -0.2) is 0 Å². The molecule has 0 aliphatic heterocycles. The SMILES string of the molecule is COc1ccc(OCC2CCC(C3CCC(C)CC3)CC2)c(F)c1F. The van der Waals surface area contributed by atoms with Gasteiger partial charge in [0.25, 0.3) is 0 Å². The van der Waals surface area contributed by atoms with E-state index in [2.05, 4.69) is 6.92 Å². The maximum absolute atomic E-state index is 14.0. The molecule has 25 heavy (non-hydrogen) atoms.